The molecular formula is C20H21ClN2S. The molecule has 2 aromatic rings. The van der Waals surface area contributed by atoms with Crippen molar-refractivity contribution in [1.29, 1.82) is 0 Å². The molecule has 0 aromatic heterocycles. The lowest BCUT2D eigenvalue weighted by Crippen LogP contribution is -2.68. The van der Waals surface area contributed by atoms with Crippen LogP contribution in [-0.4, -0.2) is 28.6 Å². The molecule has 0 spiro atoms. The lowest BCUT2D eigenvalue weighted by molar-refractivity contribution is 0.156. The van der Waals surface area contributed by atoms with Gasteiger partial charge in [0.1, 0.15) is 10.4 Å². The molecule has 2 aliphatic heterocycles. The lowest BCUT2D eigenvalue weighted by atomic mass is 9.70. The first-order chi connectivity index (χ1) is 11.6. The number of aliphatic imine (C=N–C) groups is 1. The van der Waals surface area contributed by atoms with E-state index in [2.05, 4.69) is 68.1 Å². The third kappa shape index (κ3) is 1.81. The van der Waals surface area contributed by atoms with E-state index in [0.717, 1.165) is 18.1 Å². The van der Waals surface area contributed by atoms with Crippen LogP contribution in [-0.2, 0) is 5.54 Å². The van der Waals surface area contributed by atoms with E-state index in [1.54, 1.807) is 0 Å². The van der Waals surface area contributed by atoms with Gasteiger partial charge in [0.2, 0.25) is 0 Å². The summed E-state index contributed by atoms with van der Waals surface area (Å²) < 4.78 is 0. The molecule has 2 nitrogen and oxygen atoms in total. The molecule has 0 saturated carbocycles. The van der Waals surface area contributed by atoms with Crippen LogP contribution in [0.4, 0.5) is 0 Å². The van der Waals surface area contributed by atoms with Crippen LogP contribution in [0.15, 0.2) is 58.4 Å². The highest BCUT2D eigenvalue weighted by molar-refractivity contribution is 8.02. The molecule has 124 valence electrons. The third-order valence-corrected chi connectivity index (χ3v) is 7.26. The Balaban J connectivity index is 2.03. The van der Waals surface area contributed by atoms with Crippen molar-refractivity contribution in [3.63, 3.8) is 0 Å². The number of halogens is 1. The lowest BCUT2D eigenvalue weighted by Gasteiger charge is -2.56. The summed E-state index contributed by atoms with van der Waals surface area (Å²) in [4.78, 5) is 8.83. The van der Waals surface area contributed by atoms with Gasteiger partial charge in [0.05, 0.1) is 0 Å². The summed E-state index contributed by atoms with van der Waals surface area (Å²) in [7, 11) is 0. The van der Waals surface area contributed by atoms with Crippen molar-refractivity contribution in [2.75, 3.05) is 13.1 Å². The number of nitrogens with zero attached hydrogens (tertiary/aromatic N) is 2. The van der Waals surface area contributed by atoms with Crippen LogP contribution >= 0.6 is 23.4 Å². The second-order valence-electron chi connectivity index (χ2n) is 6.33. The maximum Gasteiger partial charge on any atom is 0.145 e. The average molecular weight is 357 g/mol. The van der Waals surface area contributed by atoms with Crippen LogP contribution in [0.2, 0.25) is 5.02 Å². The highest BCUT2D eigenvalue weighted by atomic mass is 35.5. The minimum absolute atomic E-state index is 0.148. The fourth-order valence-corrected chi connectivity index (χ4v) is 6.27. The predicted molar refractivity (Wildman–Crippen MR) is 103 cm³/mol. The van der Waals surface area contributed by atoms with Crippen molar-refractivity contribution < 1.29 is 0 Å². The number of hydrogen-bond acceptors (Lipinski definition) is 3. The maximum absolute atomic E-state index is 6.37. The Morgan fingerprint density at radius 1 is 1.08 bits per heavy atom. The SMILES string of the molecule is CCN(CC)C12Sc3ccc(Cl)cc3C1(c1ccccc1)N=C2C. The minimum atomic E-state index is -0.366. The molecule has 2 heterocycles. The van der Waals surface area contributed by atoms with Crippen molar-refractivity contribution in [3.8, 4) is 0 Å². The molecule has 0 N–H and O–H groups in total. The zero-order chi connectivity index (χ0) is 16.9. The molecule has 0 saturated heterocycles. The van der Waals surface area contributed by atoms with Crippen molar-refractivity contribution in [1.82, 2.24) is 4.90 Å². The second kappa shape index (κ2) is 5.62. The van der Waals surface area contributed by atoms with E-state index in [1.807, 2.05) is 17.8 Å². The summed E-state index contributed by atoms with van der Waals surface area (Å²) in [6.07, 6.45) is 0. The van der Waals surface area contributed by atoms with Crippen LogP contribution in [0.25, 0.3) is 0 Å². The molecule has 0 amide bonds. The molecule has 0 fully saturated rings. The molecule has 0 aliphatic carbocycles. The van der Waals surface area contributed by atoms with Gasteiger partial charge in [0.25, 0.3) is 0 Å². The molecule has 2 aliphatic rings. The minimum Gasteiger partial charge on any atom is -0.282 e. The zero-order valence-electron chi connectivity index (χ0n) is 14.2. The van der Waals surface area contributed by atoms with Gasteiger partial charge in [-0.15, -0.1) is 0 Å². The first kappa shape index (κ1) is 16.2. The monoisotopic (exact) mass is 356 g/mol. The Hall–Kier alpha value is -1.29. The van der Waals surface area contributed by atoms with Gasteiger partial charge in [-0.05, 0) is 43.8 Å². The summed E-state index contributed by atoms with van der Waals surface area (Å²) in [6, 6.07) is 16.9. The topological polar surface area (TPSA) is 15.6 Å². The van der Waals surface area contributed by atoms with E-state index >= 15 is 0 Å². The van der Waals surface area contributed by atoms with Crippen LogP contribution in [0, 0.1) is 0 Å². The van der Waals surface area contributed by atoms with Gasteiger partial charge in [-0.3, -0.25) is 9.89 Å². The smallest absolute Gasteiger partial charge is 0.145 e. The van der Waals surface area contributed by atoms with E-state index in [-0.39, 0.29) is 10.4 Å². The average Bonchev–Trinajstić information content (AvgIpc) is 2.83. The van der Waals surface area contributed by atoms with E-state index < -0.39 is 0 Å². The van der Waals surface area contributed by atoms with Gasteiger partial charge >= 0.3 is 0 Å². The highest BCUT2D eigenvalue weighted by Crippen LogP contribution is 2.67. The Bertz CT molecular complexity index is 816. The Kier molecular flexibility index (Phi) is 3.79. The maximum atomic E-state index is 6.37. The highest BCUT2D eigenvalue weighted by Gasteiger charge is 2.69. The normalized spacial score (nSPS) is 27.5. The van der Waals surface area contributed by atoms with Gasteiger partial charge in [-0.25, -0.2) is 0 Å². The molecule has 2 atom stereocenters. The Morgan fingerprint density at radius 3 is 2.42 bits per heavy atom. The molecule has 24 heavy (non-hydrogen) atoms. The van der Waals surface area contributed by atoms with E-state index in [9.17, 15) is 0 Å². The molecular weight excluding hydrogens is 336 g/mol. The molecule has 4 rings (SSSR count). The van der Waals surface area contributed by atoms with Crippen molar-refractivity contribution >= 4 is 29.1 Å². The molecule has 2 unspecified atom stereocenters. The van der Waals surface area contributed by atoms with Crippen LogP contribution in [0.3, 0.4) is 0 Å². The summed E-state index contributed by atoms with van der Waals surface area (Å²) in [6.45, 7) is 8.62. The number of likely N-dealkylation sites (N-methyl/N-ethyl adjacent to an activating group) is 1. The van der Waals surface area contributed by atoms with Gasteiger partial charge < -0.3 is 0 Å². The van der Waals surface area contributed by atoms with Gasteiger partial charge in [0, 0.05) is 21.2 Å². The first-order valence-corrected chi connectivity index (χ1v) is 9.66. The summed E-state index contributed by atoms with van der Waals surface area (Å²) in [5.74, 6) is 0. The zero-order valence-corrected chi connectivity index (χ0v) is 15.8. The summed E-state index contributed by atoms with van der Waals surface area (Å²) in [5.41, 5.74) is 3.32. The number of benzene rings is 2. The number of fused-ring (bicyclic) bond motifs is 3. The van der Waals surface area contributed by atoms with Gasteiger partial charge in [-0.1, -0.05) is 67.5 Å². The largest absolute Gasteiger partial charge is 0.282 e. The Labute approximate surface area is 152 Å². The van der Waals surface area contributed by atoms with Crippen LogP contribution < -0.4 is 0 Å². The third-order valence-electron chi connectivity index (χ3n) is 5.31. The molecule has 4 heteroatoms. The Morgan fingerprint density at radius 2 is 1.79 bits per heavy atom. The van der Waals surface area contributed by atoms with E-state index in [4.69, 9.17) is 16.6 Å². The van der Waals surface area contributed by atoms with Gasteiger partial charge in [-0.2, -0.15) is 0 Å². The standard InChI is InChI=1S/C20H21ClN2S/c1-4-23(5-2)20-14(3)22-19(20,15-9-7-6-8-10-15)17-13-16(21)11-12-18(17)24-20/h6-13H,4-5H2,1-3H3. The quantitative estimate of drug-likeness (QED) is 0.748. The molecule has 0 radical (unpaired) electrons. The number of rotatable bonds is 4. The van der Waals surface area contributed by atoms with Crippen molar-refractivity contribution in [3.05, 3.63) is 64.7 Å². The fraction of sp³-hybridized carbons (Fsp3) is 0.350. The number of hydrogen-bond donors (Lipinski definition) is 0. The molecule has 0 bridgehead atoms. The summed E-state index contributed by atoms with van der Waals surface area (Å²) >= 11 is 8.31. The molecule has 2 aromatic carbocycles. The summed E-state index contributed by atoms with van der Waals surface area (Å²) in [5, 5.41) is 0.778. The van der Waals surface area contributed by atoms with E-state index in [0.29, 0.717) is 0 Å². The predicted octanol–water partition coefficient (Wildman–Crippen LogP) is 5.20. The van der Waals surface area contributed by atoms with Crippen molar-refractivity contribution in [2.45, 2.75) is 36.1 Å². The van der Waals surface area contributed by atoms with E-state index in [1.165, 1.54) is 21.7 Å². The van der Waals surface area contributed by atoms with Gasteiger partial charge in [0.15, 0.2) is 0 Å². The fourth-order valence-electron chi connectivity index (χ4n) is 4.32. The van der Waals surface area contributed by atoms with Crippen LogP contribution in [0.1, 0.15) is 31.9 Å². The first-order valence-electron chi connectivity index (χ1n) is 8.46. The van der Waals surface area contributed by atoms with Crippen molar-refractivity contribution in [2.24, 2.45) is 4.99 Å². The number of thioether (sulfide) groups is 1. The van der Waals surface area contributed by atoms with Crippen LogP contribution in [0.5, 0.6) is 0 Å². The second-order valence-corrected chi connectivity index (χ2v) is 8.00.